The summed E-state index contributed by atoms with van der Waals surface area (Å²) in [5.41, 5.74) is 4.01. The Morgan fingerprint density at radius 2 is 1.89 bits per heavy atom. The zero-order chi connectivity index (χ0) is 18.8. The molecule has 150 valence electrons. The number of fused-ring (bicyclic) bond motifs is 5. The van der Waals surface area contributed by atoms with Crippen LogP contribution >= 0.6 is 0 Å². The molecule has 0 aromatic carbocycles. The Bertz CT molecular complexity index is 663. The van der Waals surface area contributed by atoms with Gasteiger partial charge < -0.3 is 15.7 Å². The second-order valence-electron chi connectivity index (χ2n) is 10.7. The van der Waals surface area contributed by atoms with Gasteiger partial charge in [-0.1, -0.05) is 38.5 Å². The molecule has 0 aromatic rings. The van der Waals surface area contributed by atoms with Crippen LogP contribution in [0.5, 0.6) is 0 Å². The molecule has 3 fully saturated rings. The number of hydrogen-bond acceptors (Lipinski definition) is 3. The summed E-state index contributed by atoms with van der Waals surface area (Å²) >= 11 is 0. The van der Waals surface area contributed by atoms with E-state index >= 15 is 0 Å². The lowest BCUT2D eigenvalue weighted by molar-refractivity contribution is -0.0494. The molecule has 1 aliphatic heterocycles. The van der Waals surface area contributed by atoms with Crippen LogP contribution in [0.4, 0.5) is 0 Å². The molecule has 1 saturated heterocycles. The van der Waals surface area contributed by atoms with Crippen LogP contribution in [0.3, 0.4) is 0 Å². The van der Waals surface area contributed by atoms with E-state index in [1.165, 1.54) is 25.7 Å². The van der Waals surface area contributed by atoms with Crippen molar-refractivity contribution in [3.8, 4) is 0 Å². The number of allylic oxidation sites excluding steroid dienone is 2. The van der Waals surface area contributed by atoms with Crippen LogP contribution in [-0.4, -0.2) is 36.9 Å². The zero-order valence-electron chi connectivity index (χ0n) is 17.4. The van der Waals surface area contributed by atoms with Crippen LogP contribution in [0, 0.1) is 34.5 Å². The number of hydrogen-bond donors (Lipinski definition) is 3. The largest absolute Gasteiger partial charge is 0.393 e. The van der Waals surface area contributed by atoms with Crippen molar-refractivity contribution in [1.82, 2.24) is 10.6 Å². The standard InChI is InChI=1S/C24H38N2O/c1-15-12-16-13-17(27)6-8-23(16,2)20-7-9-24(3)18(4-5-19(24)22(15)20)21-14-25-10-11-26-21/h4,12,15,17,19-22,25-27H,5-11,13-14H2,1-3H3/t15-,17?,19+,20+,21?,22+,23+,24-/m1/s1. The zero-order valence-corrected chi connectivity index (χ0v) is 17.4. The van der Waals surface area contributed by atoms with Gasteiger partial charge in [-0.15, -0.1) is 0 Å². The van der Waals surface area contributed by atoms with Gasteiger partial charge in [-0.2, -0.15) is 0 Å². The highest BCUT2D eigenvalue weighted by atomic mass is 16.3. The van der Waals surface area contributed by atoms with Gasteiger partial charge in [0.1, 0.15) is 0 Å². The van der Waals surface area contributed by atoms with E-state index in [1.807, 2.05) is 0 Å². The lowest BCUT2D eigenvalue weighted by atomic mass is 9.45. The summed E-state index contributed by atoms with van der Waals surface area (Å²) in [6.07, 6.45) is 12.2. The van der Waals surface area contributed by atoms with E-state index in [4.69, 9.17) is 0 Å². The van der Waals surface area contributed by atoms with Crippen molar-refractivity contribution in [1.29, 1.82) is 0 Å². The number of nitrogens with one attached hydrogen (secondary N) is 2. The third kappa shape index (κ3) is 2.64. The normalized spacial score (nSPS) is 52.3. The molecule has 2 unspecified atom stereocenters. The molecule has 3 heteroatoms. The first-order valence-corrected chi connectivity index (χ1v) is 11.5. The van der Waals surface area contributed by atoms with E-state index in [9.17, 15) is 5.11 Å². The molecule has 8 atom stereocenters. The molecule has 3 nitrogen and oxygen atoms in total. The summed E-state index contributed by atoms with van der Waals surface area (Å²) in [6, 6.07) is 0.538. The van der Waals surface area contributed by atoms with Gasteiger partial charge in [-0.05, 0) is 78.6 Å². The highest BCUT2D eigenvalue weighted by Crippen LogP contribution is 2.66. The number of aliphatic hydroxyl groups is 1. The molecule has 27 heavy (non-hydrogen) atoms. The summed E-state index contributed by atoms with van der Waals surface area (Å²) in [5, 5.41) is 17.6. The fraction of sp³-hybridized carbons (Fsp3) is 0.833. The van der Waals surface area contributed by atoms with Gasteiger partial charge >= 0.3 is 0 Å². The molecule has 0 bridgehead atoms. The maximum atomic E-state index is 10.3. The number of rotatable bonds is 1. The first-order valence-electron chi connectivity index (χ1n) is 11.5. The third-order valence-electron chi connectivity index (χ3n) is 9.47. The molecule has 3 N–H and O–H groups in total. The Kier molecular flexibility index (Phi) is 4.38. The lowest BCUT2D eigenvalue weighted by Crippen LogP contribution is -2.55. The predicted octanol–water partition coefficient (Wildman–Crippen LogP) is 3.65. The maximum absolute atomic E-state index is 10.3. The molecule has 5 aliphatic rings. The summed E-state index contributed by atoms with van der Waals surface area (Å²) in [5.74, 6) is 3.06. The van der Waals surface area contributed by atoms with Crippen molar-refractivity contribution < 1.29 is 5.11 Å². The van der Waals surface area contributed by atoms with Crippen molar-refractivity contribution in [2.24, 2.45) is 34.5 Å². The molecule has 1 heterocycles. The Morgan fingerprint density at radius 3 is 2.67 bits per heavy atom. The Morgan fingerprint density at radius 1 is 1.07 bits per heavy atom. The highest BCUT2D eigenvalue weighted by Gasteiger charge is 2.58. The fourth-order valence-electron chi connectivity index (χ4n) is 8.02. The van der Waals surface area contributed by atoms with Gasteiger partial charge in [0.25, 0.3) is 0 Å². The Balaban J connectivity index is 1.46. The van der Waals surface area contributed by atoms with Gasteiger partial charge in [-0.3, -0.25) is 0 Å². The molecule has 0 radical (unpaired) electrons. The fourth-order valence-corrected chi connectivity index (χ4v) is 8.02. The maximum Gasteiger partial charge on any atom is 0.0577 e. The number of piperazine rings is 1. The van der Waals surface area contributed by atoms with Crippen molar-refractivity contribution in [3.63, 3.8) is 0 Å². The van der Waals surface area contributed by atoms with Gasteiger partial charge in [0.15, 0.2) is 0 Å². The van der Waals surface area contributed by atoms with Gasteiger partial charge in [0.2, 0.25) is 0 Å². The van der Waals surface area contributed by atoms with Crippen LogP contribution in [0.25, 0.3) is 0 Å². The van der Waals surface area contributed by atoms with E-state index in [1.54, 1.807) is 11.1 Å². The lowest BCUT2D eigenvalue weighted by Gasteiger charge is -2.60. The van der Waals surface area contributed by atoms with E-state index in [2.05, 4.69) is 43.6 Å². The van der Waals surface area contributed by atoms with Gasteiger partial charge in [0.05, 0.1) is 6.10 Å². The summed E-state index contributed by atoms with van der Waals surface area (Å²) in [4.78, 5) is 0. The van der Waals surface area contributed by atoms with E-state index in [-0.39, 0.29) is 6.10 Å². The molecular weight excluding hydrogens is 332 g/mol. The van der Waals surface area contributed by atoms with Gasteiger partial charge in [0, 0.05) is 25.7 Å². The van der Waals surface area contributed by atoms with Crippen LogP contribution in [0.2, 0.25) is 0 Å². The minimum Gasteiger partial charge on any atom is -0.393 e. The van der Waals surface area contributed by atoms with E-state index in [0.29, 0.717) is 22.8 Å². The topological polar surface area (TPSA) is 44.3 Å². The van der Waals surface area contributed by atoms with Crippen LogP contribution in [0.1, 0.15) is 59.3 Å². The van der Waals surface area contributed by atoms with Crippen molar-refractivity contribution in [3.05, 3.63) is 23.3 Å². The highest BCUT2D eigenvalue weighted by molar-refractivity contribution is 5.33. The average molecular weight is 371 g/mol. The first-order chi connectivity index (χ1) is 12.9. The van der Waals surface area contributed by atoms with Crippen LogP contribution < -0.4 is 10.6 Å². The average Bonchev–Trinajstić information content (AvgIpc) is 3.01. The summed E-state index contributed by atoms with van der Waals surface area (Å²) < 4.78 is 0. The minimum absolute atomic E-state index is 0.105. The van der Waals surface area contributed by atoms with E-state index < -0.39 is 0 Å². The van der Waals surface area contributed by atoms with Crippen molar-refractivity contribution in [2.75, 3.05) is 19.6 Å². The van der Waals surface area contributed by atoms with Crippen molar-refractivity contribution >= 4 is 0 Å². The smallest absolute Gasteiger partial charge is 0.0577 e. The monoisotopic (exact) mass is 370 g/mol. The molecular formula is C24H38N2O. The van der Waals surface area contributed by atoms with Crippen molar-refractivity contribution in [2.45, 2.75) is 71.4 Å². The number of aliphatic hydroxyl groups excluding tert-OH is 1. The van der Waals surface area contributed by atoms with E-state index in [0.717, 1.165) is 50.2 Å². The van der Waals surface area contributed by atoms with Gasteiger partial charge in [-0.25, -0.2) is 0 Å². The third-order valence-corrected chi connectivity index (χ3v) is 9.47. The molecule has 0 spiro atoms. The second kappa shape index (κ2) is 6.43. The summed E-state index contributed by atoms with van der Waals surface area (Å²) in [6.45, 7) is 10.9. The molecule has 4 aliphatic carbocycles. The summed E-state index contributed by atoms with van der Waals surface area (Å²) in [7, 11) is 0. The Hall–Kier alpha value is -0.640. The Labute approximate surface area is 165 Å². The molecule has 0 aromatic heterocycles. The molecule has 0 amide bonds. The predicted molar refractivity (Wildman–Crippen MR) is 110 cm³/mol. The quantitative estimate of drug-likeness (QED) is 0.617. The second-order valence-corrected chi connectivity index (χ2v) is 10.7. The van der Waals surface area contributed by atoms with Crippen LogP contribution in [0.15, 0.2) is 23.3 Å². The van der Waals surface area contributed by atoms with Crippen LogP contribution in [-0.2, 0) is 0 Å². The SMILES string of the molecule is C[C@@H]1C=C2CC(O)CC[C@]2(C)[C@H]2CC[C@]3(C)C(C4CNCCN4)=CC[C@H]3[C@H]12. The molecule has 5 rings (SSSR count). The minimum atomic E-state index is -0.105. The molecule has 2 saturated carbocycles. The first kappa shape index (κ1) is 18.4.